The second-order valence-corrected chi connectivity index (χ2v) is 10.1. The lowest BCUT2D eigenvalue weighted by atomic mass is 9.90. The van der Waals surface area contributed by atoms with Gasteiger partial charge in [0.1, 0.15) is 0 Å². The molecule has 0 spiro atoms. The summed E-state index contributed by atoms with van der Waals surface area (Å²) < 4.78 is 2.53. The summed E-state index contributed by atoms with van der Waals surface area (Å²) >= 11 is 0. The molecule has 1 nitrogen and oxygen atoms in total. The van der Waals surface area contributed by atoms with Gasteiger partial charge in [0.25, 0.3) is 0 Å². The third-order valence-electron chi connectivity index (χ3n) is 8.53. The highest BCUT2D eigenvalue weighted by Crippen LogP contribution is 2.51. The first kappa shape index (κ1) is 17.4. The molecule has 158 valence electrons. The normalized spacial score (nSPS) is 14.1. The maximum atomic E-state index is 2.53. The first-order valence-electron chi connectivity index (χ1n) is 12.3. The first-order valence-corrected chi connectivity index (χ1v) is 12.3. The van der Waals surface area contributed by atoms with E-state index in [9.17, 15) is 0 Å². The molecule has 0 amide bonds. The largest absolute Gasteiger partial charge is 0.309 e. The molecule has 1 aliphatic heterocycles. The Labute approximate surface area is 197 Å². The van der Waals surface area contributed by atoms with Crippen LogP contribution in [0.4, 0.5) is 0 Å². The molecule has 1 aromatic heterocycles. The quantitative estimate of drug-likeness (QED) is 0.231. The van der Waals surface area contributed by atoms with Gasteiger partial charge in [-0.05, 0) is 86.7 Å². The lowest BCUT2D eigenvalue weighted by molar-refractivity contribution is 1.02. The van der Waals surface area contributed by atoms with Crippen molar-refractivity contribution in [2.75, 3.05) is 0 Å². The van der Waals surface area contributed by atoms with Crippen molar-refractivity contribution in [2.45, 2.75) is 19.3 Å². The average Bonchev–Trinajstić information content (AvgIpc) is 3.55. The van der Waals surface area contributed by atoms with Gasteiger partial charge in [0, 0.05) is 22.9 Å². The highest BCUT2D eigenvalue weighted by molar-refractivity contribution is 6.13. The van der Waals surface area contributed by atoms with Gasteiger partial charge in [0.2, 0.25) is 0 Å². The fourth-order valence-electron chi connectivity index (χ4n) is 7.10. The fourth-order valence-corrected chi connectivity index (χ4v) is 7.10. The van der Waals surface area contributed by atoms with Gasteiger partial charge in [0.15, 0.2) is 0 Å². The summed E-state index contributed by atoms with van der Waals surface area (Å²) in [5, 5.41) is 2.76. The van der Waals surface area contributed by atoms with Gasteiger partial charge in [-0.1, -0.05) is 72.8 Å². The van der Waals surface area contributed by atoms with E-state index in [2.05, 4.69) is 95.6 Å². The van der Waals surface area contributed by atoms with E-state index in [1.165, 1.54) is 66.4 Å². The lowest BCUT2D eigenvalue weighted by Gasteiger charge is -2.23. The van der Waals surface area contributed by atoms with Crippen molar-refractivity contribution in [3.05, 3.63) is 124 Å². The van der Waals surface area contributed by atoms with Gasteiger partial charge in [-0.15, -0.1) is 0 Å². The van der Waals surface area contributed by atoms with Gasteiger partial charge in [-0.25, -0.2) is 0 Å². The van der Waals surface area contributed by atoms with Gasteiger partial charge < -0.3 is 4.57 Å². The van der Waals surface area contributed by atoms with Crippen LogP contribution in [0, 0.1) is 0 Å². The summed E-state index contributed by atoms with van der Waals surface area (Å²) in [5.74, 6) is 0. The van der Waals surface area contributed by atoms with Crippen LogP contribution >= 0.6 is 0 Å². The Kier molecular flexibility index (Phi) is 3.00. The molecule has 9 rings (SSSR count). The van der Waals surface area contributed by atoms with Crippen molar-refractivity contribution in [1.82, 2.24) is 4.57 Å². The number of fused-ring (bicyclic) bond motifs is 13. The molecular weight excluding hydrogens is 410 g/mol. The van der Waals surface area contributed by atoms with Crippen LogP contribution in [0.3, 0.4) is 0 Å². The molecule has 0 fully saturated rings. The fraction of sp³-hybridized carbons (Fsp3) is 0.0909. The minimum atomic E-state index is 1.02. The number of hydrogen-bond acceptors (Lipinski definition) is 0. The molecule has 0 bridgehead atoms. The summed E-state index contributed by atoms with van der Waals surface area (Å²) in [6.07, 6.45) is 3.13. The van der Waals surface area contributed by atoms with Crippen molar-refractivity contribution in [1.29, 1.82) is 0 Å². The monoisotopic (exact) mass is 431 g/mol. The summed E-state index contributed by atoms with van der Waals surface area (Å²) in [7, 11) is 0. The van der Waals surface area contributed by atoms with Crippen molar-refractivity contribution in [3.63, 3.8) is 0 Å². The zero-order valence-corrected chi connectivity index (χ0v) is 18.7. The zero-order chi connectivity index (χ0) is 22.0. The van der Waals surface area contributed by atoms with E-state index in [1.54, 1.807) is 16.7 Å². The van der Waals surface area contributed by atoms with Gasteiger partial charge in [0.05, 0.1) is 11.0 Å². The molecule has 2 heterocycles. The average molecular weight is 432 g/mol. The predicted octanol–water partition coefficient (Wildman–Crippen LogP) is 7.83. The maximum absolute atomic E-state index is 2.53. The number of benzene rings is 5. The molecule has 0 N–H and O–H groups in total. The maximum Gasteiger partial charge on any atom is 0.0579 e. The van der Waals surface area contributed by atoms with E-state index in [-0.39, 0.29) is 0 Å². The van der Waals surface area contributed by atoms with Crippen molar-refractivity contribution in [3.8, 4) is 27.9 Å². The highest BCUT2D eigenvalue weighted by atomic mass is 15.0. The molecule has 0 unspecified atom stereocenters. The Morgan fingerprint density at radius 3 is 2.09 bits per heavy atom. The Morgan fingerprint density at radius 2 is 1.15 bits per heavy atom. The van der Waals surface area contributed by atoms with Gasteiger partial charge in [-0.3, -0.25) is 0 Å². The summed E-state index contributed by atoms with van der Waals surface area (Å²) in [6.45, 7) is 0. The van der Waals surface area contributed by atoms with E-state index in [0.717, 1.165) is 19.3 Å². The molecule has 34 heavy (non-hydrogen) atoms. The molecule has 6 aromatic rings. The molecule has 0 saturated heterocycles. The number of hydrogen-bond donors (Lipinski definition) is 0. The Bertz CT molecular complexity index is 1880. The Hall–Kier alpha value is -4.10. The van der Waals surface area contributed by atoms with Crippen LogP contribution in [0.15, 0.2) is 91.0 Å². The standard InChI is InChI=1S/C33H21N/c1-3-9-21-19(7-1)15-25-22(21)13-14-23-26(25)17-28-27(23)18-30-24-10-4-6-12-32(24)34-31-11-5-2-8-20(31)16-29(28)33(30)34/h1-14,18H,15-17H2. The van der Waals surface area contributed by atoms with Crippen LogP contribution in [0.2, 0.25) is 0 Å². The van der Waals surface area contributed by atoms with Gasteiger partial charge in [-0.2, -0.15) is 0 Å². The van der Waals surface area contributed by atoms with Crippen molar-refractivity contribution < 1.29 is 0 Å². The molecule has 1 heteroatoms. The van der Waals surface area contributed by atoms with E-state index in [0.29, 0.717) is 0 Å². The van der Waals surface area contributed by atoms with Crippen LogP contribution in [0.5, 0.6) is 0 Å². The van der Waals surface area contributed by atoms with E-state index >= 15 is 0 Å². The highest BCUT2D eigenvalue weighted by Gasteiger charge is 2.32. The summed E-state index contributed by atoms with van der Waals surface area (Å²) in [4.78, 5) is 0. The van der Waals surface area contributed by atoms with E-state index < -0.39 is 0 Å². The van der Waals surface area contributed by atoms with Crippen LogP contribution in [0.1, 0.15) is 33.4 Å². The predicted molar refractivity (Wildman–Crippen MR) is 140 cm³/mol. The minimum absolute atomic E-state index is 1.02. The zero-order valence-electron chi connectivity index (χ0n) is 18.7. The first-order chi connectivity index (χ1) is 16.9. The van der Waals surface area contributed by atoms with E-state index in [1.807, 2.05) is 0 Å². The lowest BCUT2D eigenvalue weighted by Crippen LogP contribution is -2.10. The number of rotatable bonds is 0. The van der Waals surface area contributed by atoms with E-state index in [4.69, 9.17) is 0 Å². The number of aromatic nitrogens is 1. The molecule has 5 aromatic carbocycles. The third kappa shape index (κ3) is 1.94. The molecule has 0 atom stereocenters. The third-order valence-corrected chi connectivity index (χ3v) is 8.53. The number of nitrogens with zero attached hydrogens (tertiary/aromatic N) is 1. The minimum Gasteiger partial charge on any atom is -0.309 e. The Morgan fingerprint density at radius 1 is 0.471 bits per heavy atom. The number of para-hydroxylation sites is 2. The molecule has 0 saturated carbocycles. The summed E-state index contributed by atoms with van der Waals surface area (Å²) in [6, 6.07) is 34.1. The second kappa shape index (κ2) is 5.87. The van der Waals surface area contributed by atoms with Crippen LogP contribution < -0.4 is 0 Å². The van der Waals surface area contributed by atoms with Crippen molar-refractivity contribution >= 4 is 21.8 Å². The second-order valence-electron chi connectivity index (χ2n) is 10.1. The molecule has 3 aliphatic rings. The van der Waals surface area contributed by atoms with Crippen molar-refractivity contribution in [2.24, 2.45) is 0 Å². The molecule has 2 aliphatic carbocycles. The van der Waals surface area contributed by atoms with Crippen LogP contribution in [-0.2, 0) is 19.3 Å². The topological polar surface area (TPSA) is 4.93 Å². The Balaban J connectivity index is 1.38. The van der Waals surface area contributed by atoms with Crippen LogP contribution in [-0.4, -0.2) is 4.57 Å². The molecule has 0 radical (unpaired) electrons. The van der Waals surface area contributed by atoms with Gasteiger partial charge >= 0.3 is 0 Å². The smallest absolute Gasteiger partial charge is 0.0579 e. The summed E-state index contributed by atoms with van der Waals surface area (Å²) in [5.41, 5.74) is 19.0. The molecular formula is C33H21N. The SMILES string of the molecule is c1ccc2c(c1)Cc1c-2ccc2c1Cc1c-2cc2c3ccccc3n3c2c1Cc1ccccc1-3. The van der Waals surface area contributed by atoms with Crippen LogP contribution in [0.25, 0.3) is 49.7 Å².